The first-order valence-corrected chi connectivity index (χ1v) is 12.2. The number of rotatable bonds is 8. The van der Waals surface area contributed by atoms with Gasteiger partial charge in [-0.05, 0) is 54.4 Å². The molecule has 1 aliphatic rings. The lowest BCUT2D eigenvalue weighted by atomic mass is 9.83. The molecule has 2 atom stereocenters. The van der Waals surface area contributed by atoms with Crippen LogP contribution >= 0.6 is 15.9 Å². The summed E-state index contributed by atoms with van der Waals surface area (Å²) in [7, 11) is 0. The van der Waals surface area contributed by atoms with Gasteiger partial charge in [0.1, 0.15) is 0 Å². The Balaban J connectivity index is 1.55. The van der Waals surface area contributed by atoms with Gasteiger partial charge in [-0.25, -0.2) is 0 Å². The maximum absolute atomic E-state index is 13.6. The molecule has 3 aromatic rings. The lowest BCUT2D eigenvalue weighted by molar-refractivity contribution is -0.139. The van der Waals surface area contributed by atoms with Crippen LogP contribution in [0.15, 0.2) is 89.4 Å². The predicted octanol–water partition coefficient (Wildman–Crippen LogP) is 5.01. The number of aliphatic hydroxyl groups is 2. The molecule has 0 radical (unpaired) electrons. The van der Waals surface area contributed by atoms with Crippen LogP contribution in [0.1, 0.15) is 34.8 Å². The van der Waals surface area contributed by atoms with Gasteiger partial charge in [0.25, 0.3) is 11.8 Å². The summed E-state index contributed by atoms with van der Waals surface area (Å²) in [5.74, 6) is -1.08. The van der Waals surface area contributed by atoms with Crippen molar-refractivity contribution < 1.29 is 19.8 Å². The molecule has 0 saturated carbocycles. The number of benzene rings is 3. The number of carbonyl (C=O) groups excluding carboxylic acids is 2. The fourth-order valence-corrected chi connectivity index (χ4v) is 4.62. The van der Waals surface area contributed by atoms with Crippen molar-refractivity contribution in [1.29, 1.82) is 0 Å². The van der Waals surface area contributed by atoms with Gasteiger partial charge in [0.05, 0.1) is 12.2 Å². The fraction of sp³-hybridized carbons (Fsp3) is 0.214. The number of halogens is 1. The number of anilines is 2. The average molecular weight is 535 g/mol. The van der Waals surface area contributed by atoms with E-state index in [-0.39, 0.29) is 19.1 Å². The van der Waals surface area contributed by atoms with Crippen LogP contribution < -0.4 is 10.2 Å². The Kier molecular flexibility index (Phi) is 7.50. The summed E-state index contributed by atoms with van der Waals surface area (Å²) in [4.78, 5) is 27.6. The zero-order valence-electron chi connectivity index (χ0n) is 19.3. The lowest BCUT2D eigenvalue weighted by Crippen LogP contribution is -2.44. The van der Waals surface area contributed by atoms with Gasteiger partial charge in [-0.15, -0.1) is 0 Å². The molecule has 0 spiro atoms. The normalized spacial score (nSPS) is 18.1. The first-order chi connectivity index (χ1) is 16.8. The van der Waals surface area contributed by atoms with Gasteiger partial charge in [0, 0.05) is 33.8 Å². The number of nitrogens with zero attached hydrogens (tertiary/aromatic N) is 1. The van der Waals surface area contributed by atoms with Gasteiger partial charge in [0.15, 0.2) is 5.60 Å². The van der Waals surface area contributed by atoms with Crippen LogP contribution in [0.25, 0.3) is 0 Å². The number of carbonyl (C=O) groups is 2. The van der Waals surface area contributed by atoms with Gasteiger partial charge in [0.2, 0.25) is 0 Å². The molecule has 7 heteroatoms. The second-order valence-electron chi connectivity index (χ2n) is 8.57. The number of nitrogens with one attached hydrogen (secondary N) is 1. The molecule has 2 amide bonds. The minimum absolute atomic E-state index is 0.00561. The molecule has 0 bridgehead atoms. The van der Waals surface area contributed by atoms with E-state index in [1.54, 1.807) is 54.3 Å². The van der Waals surface area contributed by atoms with Crippen molar-refractivity contribution in [3.8, 4) is 0 Å². The number of hydrogen-bond acceptors (Lipinski definition) is 4. The molecule has 35 heavy (non-hydrogen) atoms. The number of amides is 2. The molecule has 1 aliphatic heterocycles. The van der Waals surface area contributed by atoms with Crippen molar-refractivity contribution in [3.63, 3.8) is 0 Å². The average Bonchev–Trinajstić information content (AvgIpc) is 3.08. The summed E-state index contributed by atoms with van der Waals surface area (Å²) in [5.41, 5.74) is 1.57. The van der Waals surface area contributed by atoms with Gasteiger partial charge in [-0.2, -0.15) is 0 Å². The Morgan fingerprint density at radius 3 is 2.51 bits per heavy atom. The van der Waals surface area contributed by atoms with E-state index in [1.807, 2.05) is 42.5 Å². The monoisotopic (exact) mass is 534 g/mol. The molecule has 0 saturated heterocycles. The van der Waals surface area contributed by atoms with Crippen LogP contribution in [0.3, 0.4) is 0 Å². The highest BCUT2D eigenvalue weighted by molar-refractivity contribution is 9.10. The molecule has 4 rings (SSSR count). The topological polar surface area (TPSA) is 89.9 Å². The molecule has 0 aromatic heterocycles. The van der Waals surface area contributed by atoms with Crippen LogP contribution in [0, 0.1) is 5.92 Å². The van der Waals surface area contributed by atoms with Crippen molar-refractivity contribution in [2.24, 2.45) is 5.92 Å². The van der Waals surface area contributed by atoms with Crippen molar-refractivity contribution in [2.45, 2.75) is 25.5 Å². The van der Waals surface area contributed by atoms with Crippen LogP contribution in [0.5, 0.6) is 0 Å². The van der Waals surface area contributed by atoms with E-state index in [9.17, 15) is 14.7 Å². The van der Waals surface area contributed by atoms with Crippen LogP contribution in [-0.4, -0.2) is 28.6 Å². The molecular formula is C28H27BrN2O4. The highest BCUT2D eigenvalue weighted by Gasteiger charge is 2.52. The molecule has 0 aliphatic carbocycles. The molecule has 3 N–H and O–H groups in total. The maximum Gasteiger partial charge on any atom is 0.264 e. The second kappa shape index (κ2) is 10.6. The molecule has 3 aromatic carbocycles. The van der Waals surface area contributed by atoms with Gasteiger partial charge in [-0.3, -0.25) is 9.59 Å². The quantitative estimate of drug-likeness (QED) is 0.354. The van der Waals surface area contributed by atoms with E-state index in [2.05, 4.69) is 21.2 Å². The summed E-state index contributed by atoms with van der Waals surface area (Å²) < 4.78 is 0.773. The third kappa shape index (κ3) is 5.07. The lowest BCUT2D eigenvalue weighted by Gasteiger charge is -2.27. The largest absolute Gasteiger partial charge is 0.396 e. The Labute approximate surface area is 213 Å². The Morgan fingerprint density at radius 1 is 1.11 bits per heavy atom. The van der Waals surface area contributed by atoms with E-state index < -0.39 is 17.4 Å². The number of hydrogen-bond donors (Lipinski definition) is 3. The third-order valence-electron chi connectivity index (χ3n) is 6.20. The first-order valence-electron chi connectivity index (χ1n) is 11.4. The molecule has 0 unspecified atom stereocenters. The summed E-state index contributed by atoms with van der Waals surface area (Å²) >= 11 is 3.45. The Bertz CT molecular complexity index is 1240. The molecular weight excluding hydrogens is 508 g/mol. The summed E-state index contributed by atoms with van der Waals surface area (Å²) in [6.45, 7) is 2.07. The Morgan fingerprint density at radius 2 is 1.83 bits per heavy atom. The third-order valence-corrected chi connectivity index (χ3v) is 6.69. The van der Waals surface area contributed by atoms with Crippen LogP contribution in [0.2, 0.25) is 0 Å². The predicted molar refractivity (Wildman–Crippen MR) is 140 cm³/mol. The summed E-state index contributed by atoms with van der Waals surface area (Å²) in [5, 5.41) is 23.6. The standard InChI is InChI=1S/C28H27BrN2O4/c1-19(7-5-6-16-32)28(35)24-17-22(29)12-15-25(24)31(27(28)34)18-20-10-13-23(14-11-20)30-26(33)21-8-3-2-4-9-21/h2-5,7-15,17,19,32,35H,6,16,18H2,1H3,(H,30,33)/b7-5+/t19-,28+/m0/s1. The zero-order chi connectivity index (χ0) is 25.0. The molecule has 1 heterocycles. The maximum atomic E-state index is 13.6. The fourth-order valence-electron chi connectivity index (χ4n) is 4.26. The van der Waals surface area contributed by atoms with Crippen molar-refractivity contribution in [2.75, 3.05) is 16.8 Å². The van der Waals surface area contributed by atoms with Crippen molar-refractivity contribution >= 4 is 39.1 Å². The molecule has 180 valence electrons. The van der Waals surface area contributed by atoms with E-state index in [1.165, 1.54) is 0 Å². The minimum atomic E-state index is -1.71. The van der Waals surface area contributed by atoms with E-state index in [0.29, 0.717) is 28.9 Å². The first kappa shape index (κ1) is 24.9. The highest BCUT2D eigenvalue weighted by atomic mass is 79.9. The smallest absolute Gasteiger partial charge is 0.264 e. The molecule has 0 fully saturated rings. The van der Waals surface area contributed by atoms with E-state index in [0.717, 1.165) is 10.0 Å². The highest BCUT2D eigenvalue weighted by Crippen LogP contribution is 2.46. The van der Waals surface area contributed by atoms with Gasteiger partial charge >= 0.3 is 0 Å². The van der Waals surface area contributed by atoms with Crippen molar-refractivity contribution in [3.05, 3.63) is 106 Å². The van der Waals surface area contributed by atoms with E-state index in [4.69, 9.17) is 5.11 Å². The second-order valence-corrected chi connectivity index (χ2v) is 9.48. The summed E-state index contributed by atoms with van der Waals surface area (Å²) in [6, 6.07) is 21.7. The van der Waals surface area contributed by atoms with Crippen LogP contribution in [-0.2, 0) is 16.9 Å². The van der Waals surface area contributed by atoms with E-state index >= 15 is 0 Å². The Hall–Kier alpha value is -3.26. The molecule has 6 nitrogen and oxygen atoms in total. The van der Waals surface area contributed by atoms with Crippen molar-refractivity contribution in [1.82, 2.24) is 0 Å². The SMILES string of the molecule is C[C@@H](/C=C/CCO)[C@]1(O)C(=O)N(Cc2ccc(NC(=O)c3ccccc3)cc2)c2ccc(Br)cc21. The minimum Gasteiger partial charge on any atom is -0.396 e. The summed E-state index contributed by atoms with van der Waals surface area (Å²) in [6.07, 6.45) is 4.00. The van der Waals surface area contributed by atoms with Crippen LogP contribution in [0.4, 0.5) is 11.4 Å². The van der Waals surface area contributed by atoms with Gasteiger partial charge in [-0.1, -0.05) is 65.3 Å². The number of fused-ring (bicyclic) bond motifs is 1. The number of aliphatic hydroxyl groups excluding tert-OH is 1. The zero-order valence-corrected chi connectivity index (χ0v) is 20.9. The van der Waals surface area contributed by atoms with Gasteiger partial charge < -0.3 is 20.4 Å².